The molecule has 3 nitrogen and oxygen atoms in total. The lowest BCUT2D eigenvalue weighted by atomic mass is 10.3. The fourth-order valence-electron chi connectivity index (χ4n) is 1.27. The van der Waals surface area contributed by atoms with E-state index in [2.05, 4.69) is 4.90 Å². The second-order valence-electron chi connectivity index (χ2n) is 3.11. The molecule has 72 valence electrons. The molecular formula is C8H16ClNO2. The molecule has 0 bridgehead atoms. The first-order valence-electron chi connectivity index (χ1n) is 4.24. The van der Waals surface area contributed by atoms with Crippen LogP contribution in [0.3, 0.4) is 0 Å². The minimum absolute atomic E-state index is 0.0422. The highest BCUT2D eigenvalue weighted by atomic mass is 35.5. The van der Waals surface area contributed by atoms with Crippen LogP contribution in [-0.4, -0.2) is 49.9 Å². The maximum absolute atomic E-state index is 5.60. The SMILES string of the molecule is CC1OCC(CN(C)CCCl)O1. The number of nitrogens with zero attached hydrogens (tertiary/aromatic N) is 1. The molecule has 12 heavy (non-hydrogen) atoms. The summed E-state index contributed by atoms with van der Waals surface area (Å²) in [6, 6.07) is 0. The fraction of sp³-hybridized carbons (Fsp3) is 1.00. The molecule has 0 aliphatic carbocycles. The lowest BCUT2D eigenvalue weighted by Gasteiger charge is -2.18. The minimum Gasteiger partial charge on any atom is -0.350 e. The van der Waals surface area contributed by atoms with Gasteiger partial charge in [0.1, 0.15) is 0 Å². The number of hydrogen-bond acceptors (Lipinski definition) is 3. The van der Waals surface area contributed by atoms with Crippen LogP contribution < -0.4 is 0 Å². The van der Waals surface area contributed by atoms with Crippen LogP contribution in [0.1, 0.15) is 6.92 Å². The number of likely N-dealkylation sites (N-methyl/N-ethyl adjacent to an activating group) is 1. The maximum atomic E-state index is 5.60. The molecule has 0 radical (unpaired) electrons. The zero-order chi connectivity index (χ0) is 8.97. The van der Waals surface area contributed by atoms with Crippen LogP contribution in [0, 0.1) is 0 Å². The van der Waals surface area contributed by atoms with E-state index in [0.29, 0.717) is 12.5 Å². The molecule has 2 unspecified atom stereocenters. The molecule has 2 atom stereocenters. The molecule has 1 aliphatic rings. The molecular weight excluding hydrogens is 178 g/mol. The smallest absolute Gasteiger partial charge is 0.155 e. The van der Waals surface area contributed by atoms with E-state index in [1.54, 1.807) is 0 Å². The highest BCUT2D eigenvalue weighted by Crippen LogP contribution is 2.11. The average Bonchev–Trinajstić information content (AvgIpc) is 2.36. The maximum Gasteiger partial charge on any atom is 0.155 e. The molecule has 0 saturated carbocycles. The van der Waals surface area contributed by atoms with Crippen molar-refractivity contribution in [3.05, 3.63) is 0 Å². The summed E-state index contributed by atoms with van der Waals surface area (Å²) in [5.74, 6) is 0.666. The third-order valence-corrected chi connectivity index (χ3v) is 2.05. The summed E-state index contributed by atoms with van der Waals surface area (Å²) in [6.07, 6.45) is 0.174. The summed E-state index contributed by atoms with van der Waals surface area (Å²) >= 11 is 5.60. The highest BCUT2D eigenvalue weighted by molar-refractivity contribution is 6.18. The molecule has 0 N–H and O–H groups in total. The van der Waals surface area contributed by atoms with Gasteiger partial charge in [-0.15, -0.1) is 11.6 Å². The summed E-state index contributed by atoms with van der Waals surface area (Å²) in [6.45, 7) is 4.42. The zero-order valence-electron chi connectivity index (χ0n) is 7.62. The lowest BCUT2D eigenvalue weighted by molar-refractivity contribution is -0.0457. The van der Waals surface area contributed by atoms with Crippen LogP contribution in [-0.2, 0) is 9.47 Å². The van der Waals surface area contributed by atoms with E-state index < -0.39 is 0 Å². The molecule has 0 amide bonds. The minimum atomic E-state index is -0.0422. The van der Waals surface area contributed by atoms with Crippen molar-refractivity contribution in [3.8, 4) is 0 Å². The van der Waals surface area contributed by atoms with Crippen LogP contribution in [0.15, 0.2) is 0 Å². The molecule has 4 heteroatoms. The largest absolute Gasteiger partial charge is 0.350 e. The second kappa shape index (κ2) is 5.02. The Kier molecular flexibility index (Phi) is 4.29. The van der Waals surface area contributed by atoms with Gasteiger partial charge in [-0.1, -0.05) is 0 Å². The van der Waals surface area contributed by atoms with Gasteiger partial charge in [-0.3, -0.25) is 0 Å². The van der Waals surface area contributed by atoms with Gasteiger partial charge >= 0.3 is 0 Å². The Labute approximate surface area is 78.6 Å². The molecule has 0 spiro atoms. The fourth-order valence-corrected chi connectivity index (χ4v) is 1.56. The van der Waals surface area contributed by atoms with Crippen molar-refractivity contribution in [1.82, 2.24) is 4.90 Å². The van der Waals surface area contributed by atoms with E-state index in [1.807, 2.05) is 14.0 Å². The number of ether oxygens (including phenoxy) is 2. The van der Waals surface area contributed by atoms with E-state index in [-0.39, 0.29) is 12.4 Å². The van der Waals surface area contributed by atoms with Gasteiger partial charge in [0, 0.05) is 19.0 Å². The van der Waals surface area contributed by atoms with Gasteiger partial charge in [0.05, 0.1) is 12.7 Å². The Balaban J connectivity index is 2.14. The van der Waals surface area contributed by atoms with Crippen molar-refractivity contribution in [2.45, 2.75) is 19.3 Å². The third-order valence-electron chi connectivity index (χ3n) is 1.88. The first-order valence-corrected chi connectivity index (χ1v) is 4.77. The van der Waals surface area contributed by atoms with Crippen LogP contribution in [0.4, 0.5) is 0 Å². The van der Waals surface area contributed by atoms with E-state index in [4.69, 9.17) is 21.1 Å². The van der Waals surface area contributed by atoms with E-state index >= 15 is 0 Å². The first kappa shape index (κ1) is 10.3. The third kappa shape index (κ3) is 3.27. The molecule has 0 aromatic rings. The van der Waals surface area contributed by atoms with Gasteiger partial charge < -0.3 is 14.4 Å². The van der Waals surface area contributed by atoms with Gasteiger partial charge in [-0.2, -0.15) is 0 Å². The average molecular weight is 194 g/mol. The summed E-state index contributed by atoms with van der Waals surface area (Å²) in [4.78, 5) is 2.15. The first-order chi connectivity index (χ1) is 5.72. The summed E-state index contributed by atoms with van der Waals surface area (Å²) in [7, 11) is 2.04. The molecule has 0 aromatic carbocycles. The van der Waals surface area contributed by atoms with Crippen LogP contribution in [0.25, 0.3) is 0 Å². The number of alkyl halides is 1. The van der Waals surface area contributed by atoms with Crippen molar-refractivity contribution in [2.75, 3.05) is 32.6 Å². The Hall–Kier alpha value is 0.170. The number of halogens is 1. The van der Waals surface area contributed by atoms with Crippen molar-refractivity contribution >= 4 is 11.6 Å². The van der Waals surface area contributed by atoms with Gasteiger partial charge in [0.2, 0.25) is 0 Å². The zero-order valence-corrected chi connectivity index (χ0v) is 8.38. The van der Waals surface area contributed by atoms with E-state index in [0.717, 1.165) is 13.1 Å². The standard InChI is InChI=1S/C8H16ClNO2/c1-7-11-6-8(12-7)5-10(2)4-3-9/h7-8H,3-6H2,1-2H3. The predicted octanol–water partition coefficient (Wildman–Crippen LogP) is 0.918. The van der Waals surface area contributed by atoms with Gasteiger partial charge in [-0.05, 0) is 14.0 Å². The van der Waals surface area contributed by atoms with Crippen LogP contribution >= 0.6 is 11.6 Å². The molecule has 0 aromatic heterocycles. The van der Waals surface area contributed by atoms with E-state index in [1.165, 1.54) is 0 Å². The van der Waals surface area contributed by atoms with E-state index in [9.17, 15) is 0 Å². The number of rotatable bonds is 4. The topological polar surface area (TPSA) is 21.7 Å². The Morgan fingerprint density at radius 2 is 2.33 bits per heavy atom. The monoisotopic (exact) mass is 193 g/mol. The van der Waals surface area contributed by atoms with Gasteiger partial charge in [0.15, 0.2) is 6.29 Å². The highest BCUT2D eigenvalue weighted by Gasteiger charge is 2.22. The van der Waals surface area contributed by atoms with Crippen molar-refractivity contribution in [1.29, 1.82) is 0 Å². The van der Waals surface area contributed by atoms with Crippen LogP contribution in [0.5, 0.6) is 0 Å². The van der Waals surface area contributed by atoms with Crippen molar-refractivity contribution in [3.63, 3.8) is 0 Å². The van der Waals surface area contributed by atoms with Crippen molar-refractivity contribution < 1.29 is 9.47 Å². The molecule has 1 aliphatic heterocycles. The predicted molar refractivity (Wildman–Crippen MR) is 48.5 cm³/mol. The Morgan fingerprint density at radius 3 is 2.83 bits per heavy atom. The second-order valence-corrected chi connectivity index (χ2v) is 3.49. The van der Waals surface area contributed by atoms with Crippen LogP contribution in [0.2, 0.25) is 0 Å². The normalized spacial score (nSPS) is 30.0. The molecule has 1 rings (SSSR count). The summed E-state index contributed by atoms with van der Waals surface area (Å²) in [5.41, 5.74) is 0. The molecule has 1 saturated heterocycles. The van der Waals surface area contributed by atoms with Gasteiger partial charge in [-0.25, -0.2) is 0 Å². The summed E-state index contributed by atoms with van der Waals surface area (Å²) < 4.78 is 10.7. The Morgan fingerprint density at radius 1 is 1.58 bits per heavy atom. The Bertz CT molecular complexity index is 134. The van der Waals surface area contributed by atoms with Gasteiger partial charge in [0.25, 0.3) is 0 Å². The quantitative estimate of drug-likeness (QED) is 0.620. The lowest BCUT2D eigenvalue weighted by Crippen LogP contribution is -2.32. The molecule has 1 fully saturated rings. The van der Waals surface area contributed by atoms with Crippen molar-refractivity contribution in [2.24, 2.45) is 0 Å². The summed E-state index contributed by atoms with van der Waals surface area (Å²) in [5, 5.41) is 0. The number of hydrogen-bond donors (Lipinski definition) is 0. The molecule has 1 heterocycles.